The number of rotatable bonds is 5. The van der Waals surface area contributed by atoms with Crippen molar-refractivity contribution in [2.75, 3.05) is 11.9 Å². The number of hydrogen-bond acceptors (Lipinski definition) is 2. The second-order valence-corrected chi connectivity index (χ2v) is 5.48. The van der Waals surface area contributed by atoms with Crippen molar-refractivity contribution in [2.24, 2.45) is 11.8 Å². The molecule has 1 saturated carbocycles. The van der Waals surface area contributed by atoms with Crippen molar-refractivity contribution in [1.82, 2.24) is 5.32 Å². The average molecular weight is 276 g/mol. The molecule has 2 amide bonds. The Balaban J connectivity index is 1.88. The number of benzene rings is 1. The van der Waals surface area contributed by atoms with Crippen LogP contribution in [0.3, 0.4) is 0 Å². The molecular formula is C15H20N2O3. The molecule has 0 aliphatic heterocycles. The summed E-state index contributed by atoms with van der Waals surface area (Å²) in [4.78, 5) is 22.6. The first-order chi connectivity index (χ1) is 9.47. The second kappa shape index (κ2) is 5.94. The normalized spacial score (nSPS) is 15.5. The molecule has 1 aromatic carbocycles. The van der Waals surface area contributed by atoms with Gasteiger partial charge >= 0.3 is 12.0 Å². The molecule has 1 aromatic rings. The van der Waals surface area contributed by atoms with E-state index in [1.165, 1.54) is 18.9 Å². The average Bonchev–Trinajstić information content (AvgIpc) is 3.22. The van der Waals surface area contributed by atoms with Gasteiger partial charge in [0, 0.05) is 12.2 Å². The monoisotopic (exact) mass is 276 g/mol. The summed E-state index contributed by atoms with van der Waals surface area (Å²) in [6, 6.07) is 4.40. The topological polar surface area (TPSA) is 78.4 Å². The van der Waals surface area contributed by atoms with Crippen LogP contribution in [-0.4, -0.2) is 23.7 Å². The van der Waals surface area contributed by atoms with Gasteiger partial charge in [0.25, 0.3) is 0 Å². The molecule has 1 fully saturated rings. The van der Waals surface area contributed by atoms with E-state index in [2.05, 4.69) is 17.6 Å². The van der Waals surface area contributed by atoms with Crippen molar-refractivity contribution in [2.45, 2.75) is 26.7 Å². The van der Waals surface area contributed by atoms with Gasteiger partial charge < -0.3 is 15.7 Å². The largest absolute Gasteiger partial charge is 0.478 e. The number of hydrogen-bond donors (Lipinski definition) is 3. The van der Waals surface area contributed by atoms with E-state index in [0.29, 0.717) is 18.2 Å². The standard InChI is InChI=1S/C15H20N2O3/c1-9-7-12(14(18)19)5-6-13(9)17-15(20)16-8-10(2)11-3-4-11/h5-7,10-11H,3-4,8H2,1-2H3,(H,18,19)(H2,16,17,20). The van der Waals surface area contributed by atoms with Crippen molar-refractivity contribution < 1.29 is 14.7 Å². The molecule has 0 heterocycles. The van der Waals surface area contributed by atoms with Crippen LogP contribution in [0, 0.1) is 18.8 Å². The van der Waals surface area contributed by atoms with Crippen LogP contribution in [0.25, 0.3) is 0 Å². The van der Waals surface area contributed by atoms with Gasteiger partial charge in [0.15, 0.2) is 0 Å². The molecule has 1 aliphatic carbocycles. The van der Waals surface area contributed by atoms with Crippen LogP contribution in [0.5, 0.6) is 0 Å². The predicted octanol–water partition coefficient (Wildman–Crippen LogP) is 2.86. The molecule has 5 nitrogen and oxygen atoms in total. The van der Waals surface area contributed by atoms with Crippen molar-refractivity contribution in [3.05, 3.63) is 29.3 Å². The summed E-state index contributed by atoms with van der Waals surface area (Å²) in [6.45, 7) is 4.59. The minimum absolute atomic E-state index is 0.218. The third-order valence-electron chi connectivity index (χ3n) is 3.73. The van der Waals surface area contributed by atoms with Crippen LogP contribution >= 0.6 is 0 Å². The molecular weight excluding hydrogens is 256 g/mol. The van der Waals surface area contributed by atoms with Gasteiger partial charge in [0.2, 0.25) is 0 Å². The molecule has 2 rings (SSSR count). The first kappa shape index (κ1) is 14.4. The fourth-order valence-electron chi connectivity index (χ4n) is 2.19. The Morgan fingerprint density at radius 1 is 1.40 bits per heavy atom. The Bertz CT molecular complexity index is 524. The molecule has 3 N–H and O–H groups in total. The molecule has 0 radical (unpaired) electrons. The molecule has 20 heavy (non-hydrogen) atoms. The number of carboxylic acids is 1. The highest BCUT2D eigenvalue weighted by atomic mass is 16.4. The number of carbonyl (C=O) groups is 2. The summed E-state index contributed by atoms with van der Waals surface area (Å²) in [5.74, 6) is 0.297. The van der Waals surface area contributed by atoms with Gasteiger partial charge in [-0.05, 0) is 55.4 Å². The van der Waals surface area contributed by atoms with E-state index in [1.54, 1.807) is 19.1 Å². The molecule has 1 unspecified atom stereocenters. The molecule has 0 aromatic heterocycles. The quantitative estimate of drug-likeness (QED) is 0.773. The predicted molar refractivity (Wildman–Crippen MR) is 77.0 cm³/mol. The lowest BCUT2D eigenvalue weighted by molar-refractivity contribution is 0.0697. The zero-order valence-corrected chi connectivity index (χ0v) is 11.8. The molecule has 5 heteroatoms. The van der Waals surface area contributed by atoms with Crippen LogP contribution in [0.4, 0.5) is 10.5 Å². The third kappa shape index (κ3) is 3.73. The highest BCUT2D eigenvalue weighted by Gasteiger charge is 2.27. The number of aromatic carboxylic acids is 1. The van der Waals surface area contributed by atoms with E-state index < -0.39 is 5.97 Å². The molecule has 0 bridgehead atoms. The van der Waals surface area contributed by atoms with Crippen molar-refractivity contribution in [3.63, 3.8) is 0 Å². The van der Waals surface area contributed by atoms with Gasteiger partial charge in [-0.15, -0.1) is 0 Å². The maximum absolute atomic E-state index is 11.8. The number of amides is 2. The molecule has 0 spiro atoms. The lowest BCUT2D eigenvalue weighted by Crippen LogP contribution is -2.33. The fraction of sp³-hybridized carbons (Fsp3) is 0.467. The Morgan fingerprint density at radius 3 is 2.65 bits per heavy atom. The number of nitrogens with one attached hydrogen (secondary N) is 2. The summed E-state index contributed by atoms with van der Waals surface area (Å²) in [6.07, 6.45) is 2.53. The number of carbonyl (C=O) groups excluding carboxylic acids is 1. The highest BCUT2D eigenvalue weighted by molar-refractivity contribution is 5.92. The van der Waals surface area contributed by atoms with Crippen molar-refractivity contribution in [3.8, 4) is 0 Å². The maximum atomic E-state index is 11.8. The van der Waals surface area contributed by atoms with Gasteiger partial charge in [0.05, 0.1) is 5.56 Å². The van der Waals surface area contributed by atoms with Crippen molar-refractivity contribution in [1.29, 1.82) is 0 Å². The summed E-state index contributed by atoms with van der Waals surface area (Å²) < 4.78 is 0. The molecule has 0 saturated heterocycles. The Labute approximate surface area is 118 Å². The summed E-state index contributed by atoms with van der Waals surface area (Å²) in [5, 5.41) is 14.5. The first-order valence-corrected chi connectivity index (χ1v) is 6.86. The molecule has 1 aliphatic rings. The summed E-state index contributed by atoms with van der Waals surface area (Å²) >= 11 is 0. The molecule has 108 valence electrons. The lowest BCUT2D eigenvalue weighted by atomic mass is 10.1. The van der Waals surface area contributed by atoms with Crippen LogP contribution < -0.4 is 10.6 Å². The van der Waals surface area contributed by atoms with Crippen LogP contribution in [0.1, 0.15) is 35.7 Å². The first-order valence-electron chi connectivity index (χ1n) is 6.86. The van der Waals surface area contributed by atoms with E-state index in [0.717, 1.165) is 11.5 Å². The number of aryl methyl sites for hydroxylation is 1. The summed E-state index contributed by atoms with van der Waals surface area (Å²) in [7, 11) is 0. The van der Waals surface area contributed by atoms with Crippen molar-refractivity contribution >= 4 is 17.7 Å². The minimum Gasteiger partial charge on any atom is -0.478 e. The minimum atomic E-state index is -0.970. The lowest BCUT2D eigenvalue weighted by Gasteiger charge is -2.13. The zero-order chi connectivity index (χ0) is 14.7. The van der Waals surface area contributed by atoms with E-state index in [4.69, 9.17) is 5.11 Å². The van der Waals surface area contributed by atoms with Gasteiger partial charge in [-0.2, -0.15) is 0 Å². The fourth-order valence-corrected chi connectivity index (χ4v) is 2.19. The van der Waals surface area contributed by atoms with Gasteiger partial charge in [-0.1, -0.05) is 6.92 Å². The highest BCUT2D eigenvalue weighted by Crippen LogP contribution is 2.36. The van der Waals surface area contributed by atoms with E-state index in [1.807, 2.05) is 0 Å². The van der Waals surface area contributed by atoms with Gasteiger partial charge in [-0.25, -0.2) is 9.59 Å². The van der Waals surface area contributed by atoms with E-state index in [9.17, 15) is 9.59 Å². The Kier molecular flexibility index (Phi) is 4.27. The van der Waals surface area contributed by atoms with Crippen LogP contribution in [0.15, 0.2) is 18.2 Å². The van der Waals surface area contributed by atoms with E-state index in [-0.39, 0.29) is 11.6 Å². The summed E-state index contributed by atoms with van der Waals surface area (Å²) in [5.41, 5.74) is 1.58. The van der Waals surface area contributed by atoms with Crippen LogP contribution in [0.2, 0.25) is 0 Å². The third-order valence-corrected chi connectivity index (χ3v) is 3.73. The SMILES string of the molecule is Cc1cc(C(=O)O)ccc1NC(=O)NCC(C)C1CC1. The number of anilines is 1. The zero-order valence-electron chi connectivity index (χ0n) is 11.8. The van der Waals surface area contributed by atoms with Gasteiger partial charge in [0.1, 0.15) is 0 Å². The van der Waals surface area contributed by atoms with Gasteiger partial charge in [-0.3, -0.25) is 0 Å². The molecule has 1 atom stereocenters. The number of urea groups is 1. The number of carboxylic acid groups (broad SMARTS) is 1. The van der Waals surface area contributed by atoms with E-state index >= 15 is 0 Å². The maximum Gasteiger partial charge on any atom is 0.335 e. The van der Waals surface area contributed by atoms with Crippen LogP contribution in [-0.2, 0) is 0 Å². The second-order valence-electron chi connectivity index (χ2n) is 5.48. The smallest absolute Gasteiger partial charge is 0.335 e. The Hall–Kier alpha value is -2.04. The Morgan fingerprint density at radius 2 is 2.10 bits per heavy atom.